The lowest BCUT2D eigenvalue weighted by atomic mass is 9.76. The number of aromatic amines is 2. The van der Waals surface area contributed by atoms with E-state index in [2.05, 4.69) is 22.1 Å². The fourth-order valence-corrected chi connectivity index (χ4v) is 4.56. The lowest BCUT2D eigenvalue weighted by Crippen LogP contribution is -2.30. The molecule has 0 unspecified atom stereocenters. The fraction of sp³-hybridized carbons (Fsp3) is 0.333. The van der Waals surface area contributed by atoms with Gasteiger partial charge in [-0.2, -0.15) is 13.2 Å². The summed E-state index contributed by atoms with van der Waals surface area (Å²) in [5.41, 5.74) is 0.672. The second-order valence-corrected chi connectivity index (χ2v) is 8.13. The van der Waals surface area contributed by atoms with Gasteiger partial charge >= 0.3 is 11.9 Å². The Hall–Kier alpha value is -3.09. The molecule has 2 aromatic carbocycles. The Labute approximate surface area is 177 Å². The molecule has 1 aliphatic rings. The van der Waals surface area contributed by atoms with E-state index in [1.165, 1.54) is 11.6 Å². The number of halogens is 3. The van der Waals surface area contributed by atoms with Gasteiger partial charge in [0.05, 0.1) is 5.56 Å². The molecule has 1 fully saturated rings. The van der Waals surface area contributed by atoms with Crippen molar-refractivity contribution in [3.05, 3.63) is 103 Å². The Kier molecular flexibility index (Phi) is 5.85. The summed E-state index contributed by atoms with van der Waals surface area (Å²) < 4.78 is 39.2. The van der Waals surface area contributed by atoms with Crippen LogP contribution in [0.25, 0.3) is 0 Å². The highest BCUT2D eigenvalue weighted by molar-refractivity contribution is 5.33. The highest BCUT2D eigenvalue weighted by Crippen LogP contribution is 2.40. The van der Waals surface area contributed by atoms with Crippen molar-refractivity contribution in [2.45, 2.75) is 50.1 Å². The van der Waals surface area contributed by atoms with Crippen LogP contribution in [0.5, 0.6) is 0 Å². The number of benzene rings is 2. The average Bonchev–Trinajstić information content (AvgIpc) is 2.76. The maximum Gasteiger partial charge on any atom is 0.416 e. The number of nitrogens with one attached hydrogen (secondary N) is 2. The summed E-state index contributed by atoms with van der Waals surface area (Å²) in [5.74, 6) is 0.425. The van der Waals surface area contributed by atoms with Gasteiger partial charge in [-0.05, 0) is 54.7 Å². The molecule has 162 valence electrons. The van der Waals surface area contributed by atoms with Gasteiger partial charge in [-0.15, -0.1) is 0 Å². The van der Waals surface area contributed by atoms with Crippen molar-refractivity contribution in [1.82, 2.24) is 9.97 Å². The molecule has 4 nitrogen and oxygen atoms in total. The highest BCUT2D eigenvalue weighted by atomic mass is 19.4. The van der Waals surface area contributed by atoms with Gasteiger partial charge in [-0.1, -0.05) is 48.5 Å². The van der Waals surface area contributed by atoms with E-state index >= 15 is 0 Å². The van der Waals surface area contributed by atoms with Gasteiger partial charge in [0, 0.05) is 17.7 Å². The molecule has 31 heavy (non-hydrogen) atoms. The monoisotopic (exact) mass is 428 g/mol. The highest BCUT2D eigenvalue weighted by Gasteiger charge is 2.31. The zero-order chi connectivity index (χ0) is 22.0. The fourth-order valence-electron chi connectivity index (χ4n) is 4.56. The Morgan fingerprint density at radius 3 is 2.19 bits per heavy atom. The molecular formula is C24H23F3N2O2. The summed E-state index contributed by atoms with van der Waals surface area (Å²) in [5, 5.41) is 0. The topological polar surface area (TPSA) is 65.7 Å². The Morgan fingerprint density at radius 2 is 1.52 bits per heavy atom. The number of rotatable bonds is 4. The van der Waals surface area contributed by atoms with Crippen molar-refractivity contribution >= 4 is 0 Å². The molecule has 1 aliphatic carbocycles. The van der Waals surface area contributed by atoms with Crippen LogP contribution in [0, 0.1) is 0 Å². The molecule has 7 heteroatoms. The summed E-state index contributed by atoms with van der Waals surface area (Å²) in [6.07, 6.45) is -0.974. The quantitative estimate of drug-likeness (QED) is 0.606. The van der Waals surface area contributed by atoms with Gasteiger partial charge in [0.15, 0.2) is 0 Å². The van der Waals surface area contributed by atoms with Crippen molar-refractivity contribution in [3.8, 4) is 0 Å². The molecule has 1 heterocycles. The Bertz CT molecular complexity index is 1160. The molecule has 0 amide bonds. The average molecular weight is 428 g/mol. The lowest BCUT2D eigenvalue weighted by molar-refractivity contribution is -0.137. The first kappa shape index (κ1) is 21.2. The third-order valence-corrected chi connectivity index (χ3v) is 6.12. The molecule has 0 atom stereocenters. The SMILES string of the molecule is O=c1[nH]c(=O)c(Cc2cccc(C(F)(F)F)c2)c([C@H]2CC[C@@H](c3ccccc3)CC2)[nH]1. The molecule has 1 saturated carbocycles. The summed E-state index contributed by atoms with van der Waals surface area (Å²) in [6, 6.07) is 15.2. The molecule has 0 radical (unpaired) electrons. The normalized spacial score (nSPS) is 19.3. The Balaban J connectivity index is 1.60. The van der Waals surface area contributed by atoms with Crippen LogP contribution < -0.4 is 11.2 Å². The number of H-pyrrole nitrogens is 2. The number of hydrogen-bond acceptors (Lipinski definition) is 2. The first-order valence-electron chi connectivity index (χ1n) is 10.4. The lowest BCUT2D eigenvalue weighted by Gasteiger charge is -2.29. The van der Waals surface area contributed by atoms with Crippen molar-refractivity contribution in [2.24, 2.45) is 0 Å². The molecule has 0 bridgehead atoms. The minimum atomic E-state index is -4.45. The molecule has 2 N–H and O–H groups in total. The van der Waals surface area contributed by atoms with E-state index in [1.54, 1.807) is 6.07 Å². The number of hydrogen-bond donors (Lipinski definition) is 2. The number of aromatic nitrogens is 2. The van der Waals surface area contributed by atoms with Crippen LogP contribution in [0.1, 0.15) is 65.5 Å². The molecule has 1 aromatic heterocycles. The zero-order valence-corrected chi connectivity index (χ0v) is 16.8. The summed E-state index contributed by atoms with van der Waals surface area (Å²) in [4.78, 5) is 29.5. The molecule has 3 aromatic rings. The van der Waals surface area contributed by atoms with Crippen molar-refractivity contribution in [1.29, 1.82) is 0 Å². The van der Waals surface area contributed by atoms with Crippen LogP contribution in [0.3, 0.4) is 0 Å². The predicted octanol–water partition coefficient (Wildman–Crippen LogP) is 5.11. The van der Waals surface area contributed by atoms with Crippen LogP contribution >= 0.6 is 0 Å². The van der Waals surface area contributed by atoms with E-state index in [-0.39, 0.29) is 12.3 Å². The van der Waals surface area contributed by atoms with Crippen molar-refractivity contribution in [3.63, 3.8) is 0 Å². The van der Waals surface area contributed by atoms with E-state index in [1.807, 2.05) is 18.2 Å². The molecule has 0 aliphatic heterocycles. The Morgan fingerprint density at radius 1 is 0.839 bits per heavy atom. The molecule has 0 spiro atoms. The van der Waals surface area contributed by atoms with Gasteiger partial charge in [0.25, 0.3) is 5.56 Å². The maximum absolute atomic E-state index is 13.1. The van der Waals surface area contributed by atoms with Gasteiger partial charge in [0.2, 0.25) is 0 Å². The molecular weight excluding hydrogens is 405 g/mol. The van der Waals surface area contributed by atoms with E-state index in [4.69, 9.17) is 0 Å². The smallest absolute Gasteiger partial charge is 0.311 e. The van der Waals surface area contributed by atoms with Crippen LogP contribution in [0.4, 0.5) is 13.2 Å². The van der Waals surface area contributed by atoms with E-state index in [9.17, 15) is 22.8 Å². The largest absolute Gasteiger partial charge is 0.416 e. The van der Waals surface area contributed by atoms with Crippen LogP contribution in [-0.2, 0) is 12.6 Å². The van der Waals surface area contributed by atoms with E-state index in [0.717, 1.165) is 37.8 Å². The third kappa shape index (κ3) is 4.81. The third-order valence-electron chi connectivity index (χ3n) is 6.12. The second kappa shape index (κ2) is 8.57. The maximum atomic E-state index is 13.1. The van der Waals surface area contributed by atoms with Gasteiger partial charge < -0.3 is 4.98 Å². The van der Waals surface area contributed by atoms with Crippen molar-refractivity contribution < 1.29 is 13.2 Å². The number of alkyl halides is 3. The molecule has 4 rings (SSSR count). The summed E-state index contributed by atoms with van der Waals surface area (Å²) in [7, 11) is 0. The van der Waals surface area contributed by atoms with Crippen LogP contribution in [0.2, 0.25) is 0 Å². The van der Waals surface area contributed by atoms with Gasteiger partial charge in [-0.3, -0.25) is 9.78 Å². The van der Waals surface area contributed by atoms with E-state index < -0.39 is 23.0 Å². The van der Waals surface area contributed by atoms with E-state index in [0.29, 0.717) is 22.7 Å². The zero-order valence-electron chi connectivity index (χ0n) is 16.8. The minimum absolute atomic E-state index is 0.00392. The van der Waals surface area contributed by atoms with Gasteiger partial charge in [-0.25, -0.2) is 4.79 Å². The van der Waals surface area contributed by atoms with Crippen LogP contribution in [-0.4, -0.2) is 9.97 Å². The first-order chi connectivity index (χ1) is 14.8. The van der Waals surface area contributed by atoms with Gasteiger partial charge in [0.1, 0.15) is 0 Å². The second-order valence-electron chi connectivity index (χ2n) is 8.13. The minimum Gasteiger partial charge on any atom is -0.311 e. The van der Waals surface area contributed by atoms with Crippen LogP contribution in [0.15, 0.2) is 64.2 Å². The summed E-state index contributed by atoms with van der Waals surface area (Å²) in [6.45, 7) is 0. The standard InChI is InChI=1S/C24H23F3N2O2/c25-24(26,27)19-8-4-5-15(13-19)14-20-21(28-23(31)29-22(20)30)18-11-9-17(10-12-18)16-6-2-1-3-7-16/h1-8,13,17-18H,9-12,14H2,(H2,28,29,30,31)/t17-,18+. The van der Waals surface area contributed by atoms with Crippen molar-refractivity contribution in [2.75, 3.05) is 0 Å². The first-order valence-corrected chi connectivity index (χ1v) is 10.4. The predicted molar refractivity (Wildman–Crippen MR) is 112 cm³/mol. The summed E-state index contributed by atoms with van der Waals surface area (Å²) >= 11 is 0. The molecule has 0 saturated heterocycles.